The van der Waals surface area contributed by atoms with E-state index in [-0.39, 0.29) is 77.9 Å². The number of nitrogens with one attached hydrogen (secondary N) is 4. The van der Waals surface area contributed by atoms with Gasteiger partial charge in [0.15, 0.2) is 44.7 Å². The van der Waals surface area contributed by atoms with E-state index in [4.69, 9.17) is 120 Å². The molecule has 3 aliphatic carbocycles. The number of carbonyl (C=O) groups excluding carboxylic acids is 2. The molecule has 20 rings (SSSR count). The molecule has 2 amide bonds. The molecule has 12 heterocycles. The Balaban J connectivity index is 0.000000135. The van der Waals surface area contributed by atoms with E-state index in [2.05, 4.69) is 111 Å². The van der Waals surface area contributed by atoms with Crippen molar-refractivity contribution in [2.45, 2.75) is 148 Å². The Morgan fingerprint density at radius 2 is 0.893 bits per heavy atom. The maximum absolute atomic E-state index is 13.0. The van der Waals surface area contributed by atoms with Gasteiger partial charge in [-0.2, -0.15) is 0 Å². The van der Waals surface area contributed by atoms with Crippen LogP contribution in [0.4, 0.5) is 27.0 Å². The minimum atomic E-state index is -0.591. The molecule has 131 heavy (non-hydrogen) atoms. The average molecular weight is 1850 g/mol. The first kappa shape index (κ1) is 88.7. The largest absolute Gasteiger partial charge is 0.497 e. The van der Waals surface area contributed by atoms with Gasteiger partial charge in [-0.25, -0.2) is 58.8 Å². The number of aromatic nitrogens is 13. The first-order valence-corrected chi connectivity index (χ1v) is 45.0. The summed E-state index contributed by atoms with van der Waals surface area (Å²) >= 11 is 24.8. The standard InChI is InChI=1S/C36H37Cl2N7O4.C36H38ClN7O5.C24H23ClN6O2/c1-35(2,3)49-34(46)42-30-25-8-6-5-7-23(25)19-36(30)14-17-44(18-15-36)27-20-40-29-32(41-27)45(21-22-9-11-24(47-4)12-10-22)43-33(29)48-26-13-16-39-31(38)28(26)37;1-35(2,3)49-34(46)41-30-25-8-6-5-7-23(25)19-36(30)14-17-43(18-15-36)27-20-39-29-31(40-27)44(21-22-9-11-24(47-4)12-10-22)42-33(29)48-26-13-16-38-32(45)28(26)37;25-19-17(5-8-27-22(19)32)33-23-20-16(12-29-23)30-18(13-28-20)31-9-6-24(7-10-31)11-14-3-1-2-4-15(14)21(24)26/h5-13,16,20,30H,14-15,17-19,21H2,1-4H3,(H,42,46);5-13,16,20,30H,14-15,17-19,21H2,1-4H3,(H,38,45)(H,41,46);1-5,8,13,21H,6-7,9-12,26H2,(H,27,32)/t2*30-;21-/m111/s1. The van der Waals surface area contributed by atoms with Gasteiger partial charge in [-0.15, -0.1) is 10.2 Å². The molecule has 31 nitrogen and oxygen atoms in total. The second-order valence-corrected chi connectivity index (χ2v) is 37.6. The van der Waals surface area contributed by atoms with Gasteiger partial charge >= 0.3 is 12.2 Å². The van der Waals surface area contributed by atoms with Crippen LogP contribution in [0, 0.1) is 16.2 Å². The van der Waals surface area contributed by atoms with Gasteiger partial charge in [-0.1, -0.05) is 143 Å². The van der Waals surface area contributed by atoms with Gasteiger partial charge in [0.25, 0.3) is 22.9 Å². The molecule has 3 spiro atoms. The zero-order chi connectivity index (χ0) is 91.3. The van der Waals surface area contributed by atoms with Crippen LogP contribution in [0.5, 0.6) is 40.5 Å². The van der Waals surface area contributed by atoms with E-state index in [9.17, 15) is 19.2 Å². The highest BCUT2D eigenvalue weighted by Crippen LogP contribution is 2.56. The van der Waals surface area contributed by atoms with E-state index < -0.39 is 34.5 Å². The topological polar surface area (TPSA) is 362 Å². The number of hydrogen-bond donors (Lipinski definition) is 5. The van der Waals surface area contributed by atoms with Crippen LogP contribution in [0.25, 0.3) is 22.3 Å². The van der Waals surface area contributed by atoms with Gasteiger partial charge in [0.2, 0.25) is 5.90 Å². The number of amides is 2. The Morgan fingerprint density at radius 3 is 1.34 bits per heavy atom. The number of carbonyl (C=O) groups is 2. The Bertz CT molecular complexity index is 6630. The Kier molecular flexibility index (Phi) is 24.7. The van der Waals surface area contributed by atoms with Crippen molar-refractivity contribution in [2.24, 2.45) is 27.0 Å². The summed E-state index contributed by atoms with van der Waals surface area (Å²) in [6, 6.07) is 45.3. The first-order valence-electron chi connectivity index (χ1n) is 43.5. The fourth-order valence-corrected chi connectivity index (χ4v) is 19.6. The number of hydrogen-bond acceptors (Lipinski definition) is 25. The number of fused-ring (bicyclic) bond motifs is 6. The fraction of sp³-hybridized carbons (Fsp3) is 0.354. The second-order valence-electron chi connectivity index (χ2n) is 36.1. The highest BCUT2D eigenvalue weighted by molar-refractivity contribution is 6.42. The normalized spacial score (nSPS) is 17.8. The maximum atomic E-state index is 13.0. The SMILES string of the molecule is COc1ccc(Cn2nc(Oc3cc[nH]c(=O)c3Cl)c3ncc(N4CCC5(CC4)Cc4ccccc4[C@H]5NC(=O)OC(C)(C)C)nc32)cc1.COc1ccc(Cn2nc(Oc3ccnc(Cl)c3Cl)c3ncc(N4CCC5(CC4)Cc4ccccc4[C@H]5NC(=O)OC(C)(C)C)nc32)cc1.N[C@@H]1c2ccccc2CC12CCN(c1cnc3c(n1)CN=C3Oc1cc[nH]c(=O)c1Cl)CC2. The smallest absolute Gasteiger partial charge is 0.408 e. The van der Waals surface area contributed by atoms with Crippen molar-refractivity contribution in [1.29, 1.82) is 0 Å². The zero-order valence-corrected chi connectivity index (χ0v) is 76.5. The van der Waals surface area contributed by atoms with Gasteiger partial charge in [-0.3, -0.25) is 9.59 Å². The lowest BCUT2D eigenvalue weighted by molar-refractivity contribution is 0.0418. The lowest BCUT2D eigenvalue weighted by Gasteiger charge is -2.43. The average Bonchev–Trinajstić information content (AvgIpc) is 1.59. The summed E-state index contributed by atoms with van der Waals surface area (Å²) < 4.78 is 43.5. The highest BCUT2D eigenvalue weighted by atomic mass is 35.5. The van der Waals surface area contributed by atoms with E-state index in [1.807, 2.05) is 102 Å². The van der Waals surface area contributed by atoms with Crippen molar-refractivity contribution >= 4 is 104 Å². The molecule has 676 valence electrons. The second kappa shape index (κ2) is 36.4. The van der Waals surface area contributed by atoms with Gasteiger partial charge in [-0.05, 0) is 186 Å². The lowest BCUT2D eigenvalue weighted by Crippen LogP contribution is -2.48. The summed E-state index contributed by atoms with van der Waals surface area (Å²) in [5.41, 5.74) is 17.3. The van der Waals surface area contributed by atoms with E-state index in [1.165, 1.54) is 40.8 Å². The quantitative estimate of drug-likeness (QED) is 0.0561. The van der Waals surface area contributed by atoms with Crippen LogP contribution < -0.4 is 65.9 Å². The van der Waals surface area contributed by atoms with Gasteiger partial charge in [0.1, 0.15) is 60.9 Å². The molecule has 3 atom stereocenters. The molecule has 3 saturated heterocycles. The van der Waals surface area contributed by atoms with Crippen molar-refractivity contribution in [3.8, 4) is 40.5 Å². The number of pyridine rings is 3. The summed E-state index contributed by atoms with van der Waals surface area (Å²) in [5, 5.41) is 16.2. The van der Waals surface area contributed by atoms with Crippen molar-refractivity contribution in [3.05, 3.63) is 274 Å². The Labute approximate surface area is 774 Å². The van der Waals surface area contributed by atoms with Crippen molar-refractivity contribution in [2.75, 3.05) is 68.2 Å². The fourth-order valence-electron chi connectivity index (χ4n) is 18.9. The van der Waals surface area contributed by atoms with E-state index >= 15 is 0 Å². The third kappa shape index (κ3) is 18.5. The van der Waals surface area contributed by atoms with Crippen molar-refractivity contribution in [3.63, 3.8) is 0 Å². The lowest BCUT2D eigenvalue weighted by atomic mass is 9.72. The monoisotopic (exact) mass is 1850 g/mol. The first-order chi connectivity index (χ1) is 63.1. The number of anilines is 3. The molecular formula is C96H98Cl4N20O11. The molecule has 35 heteroatoms. The third-order valence-electron chi connectivity index (χ3n) is 25.6. The van der Waals surface area contributed by atoms with Crippen LogP contribution in [-0.4, -0.2) is 147 Å². The number of H-pyrrole nitrogens is 2. The zero-order valence-electron chi connectivity index (χ0n) is 73.5. The Morgan fingerprint density at radius 1 is 0.489 bits per heavy atom. The molecule has 4 aliphatic heterocycles. The van der Waals surface area contributed by atoms with E-state index in [0.717, 1.165) is 148 Å². The van der Waals surface area contributed by atoms with E-state index in [0.29, 0.717) is 65.1 Å². The number of rotatable bonds is 16. The molecule has 3 fully saturated rings. The minimum absolute atomic E-state index is 0.0206. The summed E-state index contributed by atoms with van der Waals surface area (Å²) in [7, 11) is 3.26. The number of alkyl carbamates (subject to hydrolysis) is 2. The molecule has 0 unspecified atom stereocenters. The van der Waals surface area contributed by atoms with Crippen LogP contribution in [0.2, 0.25) is 20.2 Å². The molecular weight excluding hydrogens is 1750 g/mol. The van der Waals surface area contributed by atoms with Gasteiger partial charge in [0, 0.05) is 80.8 Å². The number of nitrogens with zero attached hydrogens (tertiary/aromatic N) is 15. The van der Waals surface area contributed by atoms with Crippen LogP contribution >= 0.6 is 46.4 Å². The molecule has 7 aliphatic rings. The number of piperidine rings is 3. The number of ether oxygens (including phenoxy) is 7. The number of nitrogens with two attached hydrogens (primary N) is 1. The molecule has 6 N–H and O–H groups in total. The summed E-state index contributed by atoms with van der Waals surface area (Å²) in [6.45, 7) is 17.1. The number of halogens is 4. The predicted molar refractivity (Wildman–Crippen MR) is 500 cm³/mol. The van der Waals surface area contributed by atoms with Gasteiger partial charge < -0.3 is 74.2 Å². The molecule has 8 aromatic heterocycles. The summed E-state index contributed by atoms with van der Waals surface area (Å²) in [5.74, 6) is 5.31. The van der Waals surface area contributed by atoms with Crippen LogP contribution in [0.15, 0.2) is 191 Å². The number of methoxy groups -OCH3 is 2. The predicted octanol–water partition coefficient (Wildman–Crippen LogP) is 17.2. The molecule has 5 aromatic carbocycles. The number of aromatic amines is 2. The number of aliphatic imine (C=N–C) groups is 1. The van der Waals surface area contributed by atoms with Crippen LogP contribution in [0.1, 0.15) is 154 Å². The molecule has 0 bridgehead atoms. The Hall–Kier alpha value is -12.9. The third-order valence-corrected chi connectivity index (χ3v) is 27.0. The number of benzene rings is 5. The molecule has 0 radical (unpaired) electrons. The van der Waals surface area contributed by atoms with Crippen molar-refractivity contribution < 1.29 is 42.7 Å². The molecule has 13 aromatic rings. The van der Waals surface area contributed by atoms with Crippen LogP contribution in [-0.2, 0) is 48.4 Å². The van der Waals surface area contributed by atoms with E-state index in [1.54, 1.807) is 60.4 Å². The summed E-state index contributed by atoms with van der Waals surface area (Å²) in [6.07, 6.45) is 17.1. The van der Waals surface area contributed by atoms with Gasteiger partial charge in [0.05, 0.1) is 70.2 Å². The highest BCUT2D eigenvalue weighted by Gasteiger charge is 2.52. The molecule has 0 saturated carbocycles. The van der Waals surface area contributed by atoms with Crippen LogP contribution in [0.3, 0.4) is 0 Å². The maximum Gasteiger partial charge on any atom is 0.408 e. The van der Waals surface area contributed by atoms with Crippen molar-refractivity contribution in [1.82, 2.24) is 75.1 Å². The minimum Gasteiger partial charge on any atom is -0.497 e. The summed E-state index contributed by atoms with van der Waals surface area (Å²) in [4.78, 5) is 99.2.